The van der Waals surface area contributed by atoms with E-state index in [1.54, 1.807) is 12.1 Å². The van der Waals surface area contributed by atoms with E-state index in [1.807, 2.05) is 30.3 Å². The van der Waals surface area contributed by atoms with Crippen molar-refractivity contribution in [1.82, 2.24) is 0 Å². The highest BCUT2D eigenvalue weighted by Crippen LogP contribution is 2.12. The smallest absolute Gasteiger partial charge is 0.309 e. The zero-order valence-electron chi connectivity index (χ0n) is 11.5. The number of rotatable bonds is 7. The summed E-state index contributed by atoms with van der Waals surface area (Å²) in [7, 11) is 0. The van der Waals surface area contributed by atoms with Crippen molar-refractivity contribution in [3.8, 4) is 0 Å². The Morgan fingerprint density at radius 2 is 1.71 bits per heavy atom. The van der Waals surface area contributed by atoms with E-state index < -0.39 is 11.9 Å². The van der Waals surface area contributed by atoms with E-state index in [9.17, 15) is 14.3 Å². The first kappa shape index (κ1) is 15.2. The fourth-order valence-corrected chi connectivity index (χ4v) is 2.02. The van der Waals surface area contributed by atoms with Gasteiger partial charge in [-0.1, -0.05) is 42.5 Å². The highest BCUT2D eigenvalue weighted by atomic mass is 19.1. The normalized spacial score (nSPS) is 12.0. The second-order valence-corrected chi connectivity index (χ2v) is 4.87. The third-order valence-corrected chi connectivity index (χ3v) is 3.18. The molecule has 0 aliphatic rings. The van der Waals surface area contributed by atoms with Gasteiger partial charge in [0.2, 0.25) is 0 Å². The fraction of sp³-hybridized carbons (Fsp3) is 0.235. The van der Waals surface area contributed by atoms with Crippen LogP contribution in [0.1, 0.15) is 11.1 Å². The lowest BCUT2D eigenvalue weighted by atomic mass is 10.0. The Balaban J connectivity index is 1.87. The van der Waals surface area contributed by atoms with E-state index in [0.717, 1.165) is 11.1 Å². The number of hydrogen-bond donors (Lipinski definition) is 1. The van der Waals surface area contributed by atoms with Gasteiger partial charge in [-0.05, 0) is 29.7 Å². The maximum atomic E-state index is 12.8. The summed E-state index contributed by atoms with van der Waals surface area (Å²) in [5.74, 6) is -1.88. The average molecular weight is 288 g/mol. The molecule has 4 heteroatoms. The molecule has 2 rings (SSSR count). The number of benzene rings is 2. The Morgan fingerprint density at radius 3 is 2.33 bits per heavy atom. The van der Waals surface area contributed by atoms with Crippen molar-refractivity contribution < 1.29 is 19.0 Å². The van der Waals surface area contributed by atoms with Gasteiger partial charge in [0.15, 0.2) is 0 Å². The van der Waals surface area contributed by atoms with Gasteiger partial charge in [-0.25, -0.2) is 4.39 Å². The molecule has 0 aliphatic heterocycles. The summed E-state index contributed by atoms with van der Waals surface area (Å²) in [6.07, 6.45) is 0.324. The van der Waals surface area contributed by atoms with Gasteiger partial charge >= 0.3 is 5.97 Å². The lowest BCUT2D eigenvalue weighted by molar-refractivity contribution is -0.144. The zero-order chi connectivity index (χ0) is 15.1. The van der Waals surface area contributed by atoms with E-state index in [0.29, 0.717) is 13.0 Å². The van der Waals surface area contributed by atoms with Crippen LogP contribution in [0.3, 0.4) is 0 Å². The Kier molecular flexibility index (Phi) is 5.46. The second kappa shape index (κ2) is 7.55. The van der Waals surface area contributed by atoms with Crippen molar-refractivity contribution in [2.45, 2.75) is 13.0 Å². The van der Waals surface area contributed by atoms with Gasteiger partial charge in [0, 0.05) is 0 Å². The number of hydrogen-bond acceptors (Lipinski definition) is 2. The van der Waals surface area contributed by atoms with Gasteiger partial charge in [0.1, 0.15) is 5.82 Å². The first-order chi connectivity index (χ1) is 10.1. The van der Waals surface area contributed by atoms with Crippen LogP contribution in [-0.4, -0.2) is 17.7 Å². The summed E-state index contributed by atoms with van der Waals surface area (Å²) in [4.78, 5) is 11.3. The van der Waals surface area contributed by atoms with Gasteiger partial charge < -0.3 is 9.84 Å². The van der Waals surface area contributed by atoms with Crippen LogP contribution in [-0.2, 0) is 22.6 Å². The molecule has 3 nitrogen and oxygen atoms in total. The van der Waals surface area contributed by atoms with Crippen LogP contribution >= 0.6 is 0 Å². The molecule has 0 heterocycles. The van der Waals surface area contributed by atoms with Crippen LogP contribution in [0.5, 0.6) is 0 Å². The Labute approximate surface area is 123 Å². The first-order valence-corrected chi connectivity index (χ1v) is 6.74. The lowest BCUT2D eigenvalue weighted by Gasteiger charge is -2.13. The van der Waals surface area contributed by atoms with Gasteiger partial charge in [-0.3, -0.25) is 4.79 Å². The van der Waals surface area contributed by atoms with Crippen molar-refractivity contribution in [2.75, 3.05) is 6.61 Å². The molecular weight excluding hydrogens is 271 g/mol. The maximum absolute atomic E-state index is 12.8. The molecule has 1 unspecified atom stereocenters. The maximum Gasteiger partial charge on any atom is 0.309 e. The number of aliphatic carboxylic acids is 1. The molecule has 21 heavy (non-hydrogen) atoms. The van der Waals surface area contributed by atoms with Gasteiger partial charge in [-0.2, -0.15) is 0 Å². The van der Waals surface area contributed by atoms with Crippen LogP contribution in [0.2, 0.25) is 0 Å². The van der Waals surface area contributed by atoms with Gasteiger partial charge in [0.05, 0.1) is 19.1 Å². The molecule has 0 saturated carbocycles. The molecule has 0 amide bonds. The third kappa shape index (κ3) is 5.00. The summed E-state index contributed by atoms with van der Waals surface area (Å²) in [5.41, 5.74) is 1.79. The van der Waals surface area contributed by atoms with Crippen LogP contribution in [0.25, 0.3) is 0 Å². The molecule has 0 bridgehead atoms. The Bertz CT molecular complexity index is 566. The molecule has 0 aromatic heterocycles. The predicted molar refractivity (Wildman–Crippen MR) is 77.3 cm³/mol. The monoisotopic (exact) mass is 288 g/mol. The first-order valence-electron chi connectivity index (χ1n) is 6.74. The molecule has 1 atom stereocenters. The molecule has 0 fully saturated rings. The van der Waals surface area contributed by atoms with Crippen molar-refractivity contribution in [3.63, 3.8) is 0 Å². The fourth-order valence-electron chi connectivity index (χ4n) is 2.02. The van der Waals surface area contributed by atoms with Crippen molar-refractivity contribution in [1.29, 1.82) is 0 Å². The van der Waals surface area contributed by atoms with Gasteiger partial charge in [0.25, 0.3) is 0 Å². The minimum Gasteiger partial charge on any atom is -0.481 e. The van der Waals surface area contributed by atoms with Crippen LogP contribution in [0.15, 0.2) is 54.6 Å². The lowest BCUT2D eigenvalue weighted by Crippen LogP contribution is -2.22. The molecule has 0 aliphatic carbocycles. The van der Waals surface area contributed by atoms with Gasteiger partial charge in [-0.15, -0.1) is 0 Å². The number of carboxylic acids is 1. The summed E-state index contributed by atoms with van der Waals surface area (Å²) in [6, 6.07) is 15.4. The average Bonchev–Trinajstić information content (AvgIpc) is 2.49. The molecule has 2 aromatic carbocycles. The van der Waals surface area contributed by atoms with Crippen LogP contribution < -0.4 is 0 Å². The van der Waals surface area contributed by atoms with E-state index in [2.05, 4.69) is 0 Å². The van der Waals surface area contributed by atoms with Crippen LogP contribution in [0.4, 0.5) is 4.39 Å². The predicted octanol–water partition coefficient (Wildman–Crippen LogP) is 3.29. The topological polar surface area (TPSA) is 46.5 Å². The molecule has 110 valence electrons. The van der Waals surface area contributed by atoms with Crippen LogP contribution in [0, 0.1) is 11.7 Å². The summed E-state index contributed by atoms with van der Waals surface area (Å²) in [6.45, 7) is 0.510. The molecule has 1 N–H and O–H groups in total. The summed E-state index contributed by atoms with van der Waals surface area (Å²) in [5, 5.41) is 9.23. The molecule has 0 spiro atoms. The zero-order valence-corrected chi connectivity index (χ0v) is 11.5. The van der Waals surface area contributed by atoms with Crippen molar-refractivity contribution in [2.24, 2.45) is 5.92 Å². The molecule has 2 aromatic rings. The highest BCUT2D eigenvalue weighted by Gasteiger charge is 2.18. The SMILES string of the molecule is O=C(O)C(COCc1ccccc1)Cc1ccc(F)cc1. The highest BCUT2D eigenvalue weighted by molar-refractivity contribution is 5.70. The standard InChI is InChI=1S/C17H17FO3/c18-16-8-6-13(7-9-16)10-15(17(19)20)12-21-11-14-4-2-1-3-5-14/h1-9,15H,10-12H2,(H,19,20). The quantitative estimate of drug-likeness (QED) is 0.850. The summed E-state index contributed by atoms with van der Waals surface area (Å²) >= 11 is 0. The summed E-state index contributed by atoms with van der Waals surface area (Å²) < 4.78 is 18.3. The minimum absolute atomic E-state index is 0.127. The molecule has 0 saturated heterocycles. The number of carbonyl (C=O) groups is 1. The Morgan fingerprint density at radius 1 is 1.05 bits per heavy atom. The molecular formula is C17H17FO3. The third-order valence-electron chi connectivity index (χ3n) is 3.18. The second-order valence-electron chi connectivity index (χ2n) is 4.87. The Hall–Kier alpha value is -2.20. The number of ether oxygens (including phenoxy) is 1. The van der Waals surface area contributed by atoms with E-state index in [1.165, 1.54) is 12.1 Å². The minimum atomic E-state index is -0.910. The number of halogens is 1. The molecule has 0 radical (unpaired) electrons. The van der Waals surface area contributed by atoms with E-state index >= 15 is 0 Å². The van der Waals surface area contributed by atoms with Crippen molar-refractivity contribution >= 4 is 5.97 Å². The van der Waals surface area contributed by atoms with Crippen molar-refractivity contribution in [3.05, 3.63) is 71.5 Å². The van der Waals surface area contributed by atoms with E-state index in [-0.39, 0.29) is 12.4 Å². The van der Waals surface area contributed by atoms with E-state index in [4.69, 9.17) is 4.74 Å². The number of carboxylic acid groups (broad SMARTS) is 1. The largest absolute Gasteiger partial charge is 0.481 e.